The molecule has 20 heavy (non-hydrogen) atoms. The number of benzene rings is 1. The van der Waals surface area contributed by atoms with Gasteiger partial charge in [-0.15, -0.1) is 0 Å². The van der Waals surface area contributed by atoms with Crippen LogP contribution in [0.15, 0.2) is 24.4 Å². The van der Waals surface area contributed by atoms with E-state index < -0.39 is 0 Å². The minimum atomic E-state index is 0.472. The van der Waals surface area contributed by atoms with Crippen molar-refractivity contribution in [3.8, 4) is 5.75 Å². The number of alkyl halides is 1. The summed E-state index contributed by atoms with van der Waals surface area (Å²) in [5.41, 5.74) is 0.835. The number of ether oxygens (including phenoxy) is 1. The summed E-state index contributed by atoms with van der Waals surface area (Å²) in [5.74, 6) is 1.87. The van der Waals surface area contributed by atoms with Gasteiger partial charge >= 0.3 is 0 Å². The minimum absolute atomic E-state index is 0.472. The predicted octanol–water partition coefficient (Wildman–Crippen LogP) is 5.54. The van der Waals surface area contributed by atoms with Gasteiger partial charge in [-0.05, 0) is 46.7 Å². The number of fused-ring (bicyclic) bond motifs is 1. The average Bonchev–Trinajstić information content (AvgIpc) is 2.42. The van der Waals surface area contributed by atoms with Crippen LogP contribution in [0.2, 0.25) is 5.02 Å². The molecule has 1 atom stereocenters. The molecule has 0 N–H and O–H groups in total. The van der Waals surface area contributed by atoms with Crippen molar-refractivity contribution in [3.05, 3.63) is 33.0 Å². The molecule has 1 aromatic carbocycles. The van der Waals surface area contributed by atoms with Crippen LogP contribution >= 0.6 is 50.1 Å². The molecule has 1 aromatic heterocycles. The van der Waals surface area contributed by atoms with E-state index in [-0.39, 0.29) is 0 Å². The molecule has 0 spiro atoms. The predicted molar refractivity (Wildman–Crippen MR) is 97.1 cm³/mol. The molecule has 0 fully saturated rings. The number of halogens is 3. The summed E-state index contributed by atoms with van der Waals surface area (Å²) >= 11 is 12.1. The normalized spacial score (nSPS) is 12.9. The van der Waals surface area contributed by atoms with E-state index in [1.54, 1.807) is 6.20 Å². The minimum Gasteiger partial charge on any atom is -0.490 e. The molecule has 0 saturated heterocycles. The fourth-order valence-electron chi connectivity index (χ4n) is 1.89. The van der Waals surface area contributed by atoms with Crippen molar-refractivity contribution < 1.29 is 4.74 Å². The molecule has 0 aliphatic rings. The molecule has 2 aromatic rings. The van der Waals surface area contributed by atoms with Crippen LogP contribution in [-0.2, 0) is 0 Å². The molecule has 0 bridgehead atoms. The Bertz CT molecular complexity index is 606. The van der Waals surface area contributed by atoms with Gasteiger partial charge < -0.3 is 4.74 Å². The lowest BCUT2D eigenvalue weighted by molar-refractivity contribution is 0.228. The van der Waals surface area contributed by atoms with E-state index in [0.29, 0.717) is 23.5 Å². The van der Waals surface area contributed by atoms with Crippen LogP contribution in [0.3, 0.4) is 0 Å². The summed E-state index contributed by atoms with van der Waals surface area (Å²) in [6.07, 6.45) is 1.77. The molecule has 0 amide bonds. The topological polar surface area (TPSA) is 22.1 Å². The standard InChI is InChI=1S/C15H16BrClINO/c1-9(2)10(7-16)8-20-15-13(18)6-12(17)11-4-3-5-19-14(11)15/h3-6,9-10H,7-8H2,1-2H3. The van der Waals surface area contributed by atoms with E-state index in [0.717, 1.165) is 25.6 Å². The third-order valence-corrected chi connectivity index (χ3v) is 5.28. The lowest BCUT2D eigenvalue weighted by Crippen LogP contribution is -2.19. The summed E-state index contributed by atoms with van der Waals surface area (Å²) in [6, 6.07) is 5.79. The van der Waals surface area contributed by atoms with Gasteiger partial charge in [-0.25, -0.2) is 0 Å². The molecular weight excluding hydrogens is 452 g/mol. The third-order valence-electron chi connectivity index (χ3n) is 3.33. The van der Waals surface area contributed by atoms with Crippen molar-refractivity contribution >= 4 is 61.0 Å². The Morgan fingerprint density at radius 3 is 2.85 bits per heavy atom. The Hall–Kier alpha value is -0.0700. The molecule has 1 unspecified atom stereocenters. The van der Waals surface area contributed by atoms with E-state index >= 15 is 0 Å². The highest BCUT2D eigenvalue weighted by atomic mass is 127. The largest absolute Gasteiger partial charge is 0.490 e. The van der Waals surface area contributed by atoms with Crippen LogP contribution in [0.4, 0.5) is 0 Å². The Labute approximate surface area is 146 Å². The summed E-state index contributed by atoms with van der Waals surface area (Å²) in [7, 11) is 0. The zero-order chi connectivity index (χ0) is 14.7. The summed E-state index contributed by atoms with van der Waals surface area (Å²) in [4.78, 5) is 4.43. The van der Waals surface area contributed by atoms with Crippen LogP contribution in [0.5, 0.6) is 5.75 Å². The van der Waals surface area contributed by atoms with Crippen molar-refractivity contribution in [2.75, 3.05) is 11.9 Å². The quantitative estimate of drug-likeness (QED) is 0.425. The van der Waals surface area contributed by atoms with Crippen molar-refractivity contribution in [2.45, 2.75) is 13.8 Å². The van der Waals surface area contributed by atoms with E-state index in [2.05, 4.69) is 57.4 Å². The highest BCUT2D eigenvalue weighted by Crippen LogP contribution is 2.35. The first-order valence-corrected chi connectivity index (χ1v) is 9.04. The highest BCUT2D eigenvalue weighted by molar-refractivity contribution is 14.1. The summed E-state index contributed by atoms with van der Waals surface area (Å²) in [5, 5.41) is 2.58. The number of hydrogen-bond acceptors (Lipinski definition) is 2. The zero-order valence-corrected chi connectivity index (χ0v) is 15.9. The Morgan fingerprint density at radius 2 is 2.20 bits per heavy atom. The van der Waals surface area contributed by atoms with Crippen LogP contribution in [0.1, 0.15) is 13.8 Å². The van der Waals surface area contributed by atoms with E-state index in [1.807, 2.05) is 18.2 Å². The second-order valence-electron chi connectivity index (χ2n) is 5.04. The Balaban J connectivity index is 2.34. The molecule has 0 radical (unpaired) electrons. The second-order valence-corrected chi connectivity index (χ2v) is 7.26. The van der Waals surface area contributed by atoms with Crippen molar-refractivity contribution in [1.82, 2.24) is 4.98 Å². The molecule has 0 saturated carbocycles. The number of aromatic nitrogens is 1. The fourth-order valence-corrected chi connectivity index (χ4v) is 3.99. The van der Waals surface area contributed by atoms with Gasteiger partial charge in [-0.2, -0.15) is 0 Å². The summed E-state index contributed by atoms with van der Waals surface area (Å²) < 4.78 is 7.06. The first-order valence-electron chi connectivity index (χ1n) is 6.46. The summed E-state index contributed by atoms with van der Waals surface area (Å²) in [6.45, 7) is 5.09. The Kier molecular flexibility index (Phi) is 5.93. The molecule has 108 valence electrons. The second kappa shape index (κ2) is 7.27. The molecule has 0 aliphatic carbocycles. The van der Waals surface area contributed by atoms with Gasteiger partial charge in [0.25, 0.3) is 0 Å². The number of nitrogens with zero attached hydrogens (tertiary/aromatic N) is 1. The van der Waals surface area contributed by atoms with Gasteiger partial charge in [-0.1, -0.05) is 41.4 Å². The maximum absolute atomic E-state index is 6.27. The first-order chi connectivity index (χ1) is 9.54. The number of rotatable bonds is 5. The van der Waals surface area contributed by atoms with Crippen molar-refractivity contribution in [1.29, 1.82) is 0 Å². The maximum atomic E-state index is 6.27. The molecule has 2 rings (SSSR count). The molecular formula is C15H16BrClINO. The van der Waals surface area contributed by atoms with E-state index in [9.17, 15) is 0 Å². The van der Waals surface area contributed by atoms with E-state index in [1.165, 1.54) is 0 Å². The van der Waals surface area contributed by atoms with Gasteiger partial charge in [0.2, 0.25) is 0 Å². The van der Waals surface area contributed by atoms with Crippen LogP contribution in [-0.4, -0.2) is 16.9 Å². The molecule has 2 nitrogen and oxygen atoms in total. The number of hydrogen-bond donors (Lipinski definition) is 0. The van der Waals surface area contributed by atoms with Crippen molar-refractivity contribution in [2.24, 2.45) is 11.8 Å². The molecule has 1 heterocycles. The average molecular weight is 469 g/mol. The smallest absolute Gasteiger partial charge is 0.158 e. The van der Waals surface area contributed by atoms with Crippen LogP contribution < -0.4 is 4.74 Å². The van der Waals surface area contributed by atoms with Crippen LogP contribution in [0, 0.1) is 15.4 Å². The van der Waals surface area contributed by atoms with Gasteiger partial charge in [0.05, 0.1) is 15.2 Å². The Morgan fingerprint density at radius 1 is 1.45 bits per heavy atom. The first kappa shape index (κ1) is 16.3. The maximum Gasteiger partial charge on any atom is 0.158 e. The zero-order valence-electron chi connectivity index (χ0n) is 11.4. The third kappa shape index (κ3) is 3.57. The monoisotopic (exact) mass is 467 g/mol. The highest BCUT2D eigenvalue weighted by Gasteiger charge is 2.16. The van der Waals surface area contributed by atoms with Crippen LogP contribution in [0.25, 0.3) is 10.9 Å². The van der Waals surface area contributed by atoms with Gasteiger partial charge in [0.15, 0.2) is 5.75 Å². The van der Waals surface area contributed by atoms with Gasteiger partial charge in [0, 0.05) is 22.8 Å². The lowest BCUT2D eigenvalue weighted by Gasteiger charge is -2.20. The fraction of sp³-hybridized carbons (Fsp3) is 0.400. The van der Waals surface area contributed by atoms with Gasteiger partial charge in [0.1, 0.15) is 5.52 Å². The van der Waals surface area contributed by atoms with Gasteiger partial charge in [-0.3, -0.25) is 4.98 Å². The number of pyridine rings is 1. The lowest BCUT2D eigenvalue weighted by atomic mass is 9.99. The van der Waals surface area contributed by atoms with E-state index in [4.69, 9.17) is 16.3 Å². The molecule has 5 heteroatoms. The van der Waals surface area contributed by atoms with Crippen molar-refractivity contribution in [3.63, 3.8) is 0 Å². The SMILES string of the molecule is CC(C)C(CBr)COc1c(I)cc(Cl)c2cccnc12. The molecule has 0 aliphatic heterocycles.